The first-order valence-electron chi connectivity index (χ1n) is 9.82. The largest absolute Gasteiger partial charge is 0.298 e. The molecule has 4 aromatic rings. The zero-order chi connectivity index (χ0) is 22.1. The molecule has 5 rings (SSSR count). The fourth-order valence-corrected chi connectivity index (χ4v) is 4.17. The summed E-state index contributed by atoms with van der Waals surface area (Å²) in [4.78, 5) is 48.2. The van der Waals surface area contributed by atoms with Crippen LogP contribution in [0.2, 0.25) is 0 Å². The van der Waals surface area contributed by atoms with Gasteiger partial charge in [-0.3, -0.25) is 29.6 Å². The Balaban J connectivity index is 1.34. The minimum absolute atomic E-state index is 0.185. The number of hydrogen-bond donors (Lipinski definition) is 1. The van der Waals surface area contributed by atoms with Gasteiger partial charge in [-0.05, 0) is 35.9 Å². The van der Waals surface area contributed by atoms with E-state index in [1.165, 1.54) is 28.4 Å². The highest BCUT2D eigenvalue weighted by Crippen LogP contribution is 2.27. The quantitative estimate of drug-likeness (QED) is 0.468. The first-order valence-corrected chi connectivity index (χ1v) is 10.7. The third-order valence-corrected chi connectivity index (χ3v) is 5.83. The predicted octanol–water partition coefficient (Wildman–Crippen LogP) is 4.25. The van der Waals surface area contributed by atoms with E-state index in [9.17, 15) is 14.4 Å². The molecule has 1 aliphatic rings. The topological polar surface area (TPSA) is 92.3 Å². The number of pyridine rings is 1. The number of hydrogen-bond acceptors (Lipinski definition) is 6. The van der Waals surface area contributed by atoms with Gasteiger partial charge in [0, 0.05) is 17.1 Å². The Morgan fingerprint density at radius 3 is 2.47 bits per heavy atom. The van der Waals surface area contributed by atoms with E-state index in [0.717, 1.165) is 5.56 Å². The third kappa shape index (κ3) is 3.67. The molecule has 0 radical (unpaired) electrons. The Morgan fingerprint density at radius 1 is 0.906 bits per heavy atom. The van der Waals surface area contributed by atoms with E-state index in [2.05, 4.69) is 15.3 Å². The van der Waals surface area contributed by atoms with Crippen molar-refractivity contribution >= 4 is 34.2 Å². The molecule has 0 saturated heterocycles. The molecule has 1 N–H and O–H groups in total. The van der Waals surface area contributed by atoms with Crippen molar-refractivity contribution in [1.82, 2.24) is 14.9 Å². The monoisotopic (exact) mass is 440 g/mol. The van der Waals surface area contributed by atoms with Crippen LogP contribution >= 0.6 is 11.3 Å². The van der Waals surface area contributed by atoms with Crippen molar-refractivity contribution < 1.29 is 14.4 Å². The Labute approximate surface area is 187 Å². The van der Waals surface area contributed by atoms with Gasteiger partial charge in [0.25, 0.3) is 17.7 Å². The standard InChI is InChI=1S/C24H16N4O3S/c29-21(27-24-26-20(14-32-24)19-8-4-5-11-25-19)16-9-10-17-18(12-16)23(31)28(22(17)30)13-15-6-2-1-3-7-15/h1-12,14H,13H2,(H,26,27,29). The van der Waals surface area contributed by atoms with Gasteiger partial charge in [0.05, 0.1) is 23.4 Å². The lowest BCUT2D eigenvalue weighted by atomic mass is 10.1. The summed E-state index contributed by atoms with van der Waals surface area (Å²) >= 11 is 1.28. The SMILES string of the molecule is O=C(Nc1nc(-c2ccccn2)cs1)c1ccc2c(c1)C(=O)N(Cc1ccccc1)C2=O. The van der Waals surface area contributed by atoms with Crippen LogP contribution in [0.3, 0.4) is 0 Å². The molecule has 0 bridgehead atoms. The maximum absolute atomic E-state index is 12.9. The van der Waals surface area contributed by atoms with Gasteiger partial charge in [-0.15, -0.1) is 11.3 Å². The van der Waals surface area contributed by atoms with Gasteiger partial charge < -0.3 is 0 Å². The lowest BCUT2D eigenvalue weighted by Gasteiger charge is -2.13. The molecule has 0 spiro atoms. The number of nitrogens with one attached hydrogen (secondary N) is 1. The maximum atomic E-state index is 12.9. The Hall–Kier alpha value is -4.17. The number of nitrogens with zero attached hydrogens (tertiary/aromatic N) is 3. The van der Waals surface area contributed by atoms with Gasteiger partial charge >= 0.3 is 0 Å². The van der Waals surface area contributed by atoms with Crippen molar-refractivity contribution in [3.05, 3.63) is 101 Å². The molecule has 2 aromatic heterocycles. The van der Waals surface area contributed by atoms with E-state index in [1.54, 1.807) is 12.3 Å². The van der Waals surface area contributed by atoms with Crippen LogP contribution in [-0.4, -0.2) is 32.6 Å². The van der Waals surface area contributed by atoms with E-state index in [0.29, 0.717) is 22.1 Å². The molecule has 2 aromatic carbocycles. The van der Waals surface area contributed by atoms with E-state index in [-0.39, 0.29) is 23.6 Å². The fourth-order valence-electron chi connectivity index (χ4n) is 3.47. The van der Waals surface area contributed by atoms with Crippen LogP contribution in [0.15, 0.2) is 78.3 Å². The van der Waals surface area contributed by atoms with Crippen LogP contribution in [0, 0.1) is 0 Å². The van der Waals surface area contributed by atoms with Crippen LogP contribution in [0.25, 0.3) is 11.4 Å². The van der Waals surface area contributed by atoms with Crippen molar-refractivity contribution in [2.75, 3.05) is 5.32 Å². The number of benzene rings is 2. The smallest absolute Gasteiger partial charge is 0.261 e. The number of thiazole rings is 1. The van der Waals surface area contributed by atoms with Gasteiger partial charge in [0.15, 0.2) is 5.13 Å². The molecule has 7 nitrogen and oxygen atoms in total. The summed E-state index contributed by atoms with van der Waals surface area (Å²) < 4.78 is 0. The minimum Gasteiger partial charge on any atom is -0.298 e. The fraction of sp³-hybridized carbons (Fsp3) is 0.0417. The first kappa shape index (κ1) is 19.8. The Morgan fingerprint density at radius 2 is 1.69 bits per heavy atom. The predicted molar refractivity (Wildman–Crippen MR) is 120 cm³/mol. The zero-order valence-corrected chi connectivity index (χ0v) is 17.5. The number of carbonyl (C=O) groups is 3. The van der Waals surface area contributed by atoms with Crippen LogP contribution in [0.4, 0.5) is 5.13 Å². The van der Waals surface area contributed by atoms with Crippen molar-refractivity contribution in [2.24, 2.45) is 0 Å². The first-order chi connectivity index (χ1) is 15.6. The molecule has 32 heavy (non-hydrogen) atoms. The number of anilines is 1. The molecule has 0 fully saturated rings. The van der Waals surface area contributed by atoms with E-state index < -0.39 is 11.8 Å². The number of aromatic nitrogens is 2. The summed E-state index contributed by atoms with van der Waals surface area (Å²) in [5.74, 6) is -1.17. The van der Waals surface area contributed by atoms with Crippen LogP contribution in [0.1, 0.15) is 36.6 Å². The van der Waals surface area contributed by atoms with Crippen molar-refractivity contribution in [2.45, 2.75) is 6.54 Å². The van der Waals surface area contributed by atoms with Gasteiger partial charge in [-0.1, -0.05) is 36.4 Å². The molecule has 3 heterocycles. The highest BCUT2D eigenvalue weighted by Gasteiger charge is 2.36. The lowest BCUT2D eigenvalue weighted by molar-refractivity contribution is 0.0642. The third-order valence-electron chi connectivity index (χ3n) is 5.07. The van der Waals surface area contributed by atoms with E-state index in [1.807, 2.05) is 53.9 Å². The molecule has 0 atom stereocenters. The summed E-state index contributed by atoms with van der Waals surface area (Å²) in [7, 11) is 0. The average Bonchev–Trinajstić information content (AvgIpc) is 3.39. The highest BCUT2D eigenvalue weighted by molar-refractivity contribution is 7.14. The number of fused-ring (bicyclic) bond motifs is 1. The summed E-state index contributed by atoms with van der Waals surface area (Å²) in [5, 5.41) is 4.98. The molecule has 8 heteroatoms. The van der Waals surface area contributed by atoms with Crippen LogP contribution in [-0.2, 0) is 6.54 Å². The number of amides is 3. The van der Waals surface area contributed by atoms with Gasteiger partial charge in [-0.25, -0.2) is 4.98 Å². The molecule has 0 aliphatic carbocycles. The molecule has 156 valence electrons. The molecule has 0 unspecified atom stereocenters. The Kier molecular flexibility index (Phi) is 5.04. The van der Waals surface area contributed by atoms with Crippen LogP contribution < -0.4 is 5.32 Å². The molecule has 0 saturated carbocycles. The molecular formula is C24H16N4O3S. The molecule has 3 amide bonds. The summed E-state index contributed by atoms with van der Waals surface area (Å²) in [6.07, 6.45) is 1.68. The second-order valence-electron chi connectivity index (χ2n) is 7.15. The second kappa shape index (κ2) is 8.16. The van der Waals surface area contributed by atoms with Crippen molar-refractivity contribution in [1.29, 1.82) is 0 Å². The zero-order valence-electron chi connectivity index (χ0n) is 16.7. The lowest BCUT2D eigenvalue weighted by Crippen LogP contribution is -2.29. The van der Waals surface area contributed by atoms with E-state index >= 15 is 0 Å². The summed E-state index contributed by atoms with van der Waals surface area (Å²) in [6.45, 7) is 0.185. The Bertz CT molecular complexity index is 1340. The van der Waals surface area contributed by atoms with E-state index in [4.69, 9.17) is 0 Å². The van der Waals surface area contributed by atoms with Gasteiger partial charge in [0.1, 0.15) is 5.69 Å². The van der Waals surface area contributed by atoms with Crippen molar-refractivity contribution in [3.63, 3.8) is 0 Å². The summed E-state index contributed by atoms with van der Waals surface area (Å²) in [6, 6.07) is 19.3. The number of rotatable bonds is 5. The van der Waals surface area contributed by atoms with Gasteiger partial charge in [0.2, 0.25) is 0 Å². The van der Waals surface area contributed by atoms with Crippen molar-refractivity contribution in [3.8, 4) is 11.4 Å². The minimum atomic E-state index is -0.407. The molecule has 1 aliphatic heterocycles. The molecular weight excluding hydrogens is 424 g/mol. The highest BCUT2D eigenvalue weighted by atomic mass is 32.1. The van der Waals surface area contributed by atoms with Crippen LogP contribution in [0.5, 0.6) is 0 Å². The average molecular weight is 440 g/mol. The second-order valence-corrected chi connectivity index (χ2v) is 8.01. The summed E-state index contributed by atoms with van der Waals surface area (Å²) in [5.41, 5.74) is 3.04. The maximum Gasteiger partial charge on any atom is 0.261 e. The number of carbonyl (C=O) groups excluding carboxylic acids is 3. The van der Waals surface area contributed by atoms with Gasteiger partial charge in [-0.2, -0.15) is 0 Å². The normalized spacial score (nSPS) is 12.7. The number of imide groups is 1.